The van der Waals surface area contributed by atoms with Crippen LogP contribution >= 0.6 is 0 Å². The van der Waals surface area contributed by atoms with E-state index in [1.165, 1.54) is 0 Å². The molecule has 0 aromatic rings. The molecule has 0 spiro atoms. The topological polar surface area (TPSA) is 9.23 Å². The Hall–Kier alpha value is 0.177. The van der Waals surface area contributed by atoms with Gasteiger partial charge in [-0.25, -0.2) is 0 Å². The van der Waals surface area contributed by atoms with Gasteiger partial charge in [-0.2, -0.15) is 0 Å². The standard InChI is InChI=1S/C11H23OSi/c1-10(2,3)7-9(12-13)8-11(4,5)6/h9H,7-8H2,1-6H3. The normalized spacial score (nSPS) is 13.8. The van der Waals surface area contributed by atoms with Crippen molar-refractivity contribution < 1.29 is 4.43 Å². The monoisotopic (exact) mass is 199 g/mol. The molecule has 0 heterocycles. The van der Waals surface area contributed by atoms with Crippen LogP contribution in [0.1, 0.15) is 54.4 Å². The van der Waals surface area contributed by atoms with Gasteiger partial charge < -0.3 is 4.43 Å². The van der Waals surface area contributed by atoms with Gasteiger partial charge >= 0.3 is 0 Å². The summed E-state index contributed by atoms with van der Waals surface area (Å²) >= 11 is 0. The van der Waals surface area contributed by atoms with Crippen LogP contribution in [0.5, 0.6) is 0 Å². The largest absolute Gasteiger partial charge is 0.416 e. The summed E-state index contributed by atoms with van der Waals surface area (Å²) in [5.41, 5.74) is 0.672. The smallest absolute Gasteiger partial charge is 0.246 e. The van der Waals surface area contributed by atoms with E-state index in [0.29, 0.717) is 16.9 Å². The highest BCUT2D eigenvalue weighted by Gasteiger charge is 2.23. The molecule has 0 atom stereocenters. The van der Waals surface area contributed by atoms with Crippen molar-refractivity contribution in [2.24, 2.45) is 10.8 Å². The van der Waals surface area contributed by atoms with Gasteiger partial charge in [-0.15, -0.1) is 0 Å². The molecule has 0 unspecified atom stereocenters. The van der Waals surface area contributed by atoms with Crippen molar-refractivity contribution in [3.63, 3.8) is 0 Å². The lowest BCUT2D eigenvalue weighted by Crippen LogP contribution is -2.25. The Balaban J connectivity index is 4.05. The molecule has 77 valence electrons. The molecule has 0 saturated carbocycles. The first kappa shape index (κ1) is 13.2. The molecule has 0 amide bonds. The zero-order valence-electron chi connectivity index (χ0n) is 9.90. The first-order valence-corrected chi connectivity index (χ1v) is 5.37. The molecule has 1 nitrogen and oxygen atoms in total. The predicted octanol–water partition coefficient (Wildman–Crippen LogP) is 3.33. The van der Waals surface area contributed by atoms with Crippen LogP contribution in [0.4, 0.5) is 0 Å². The zero-order valence-corrected chi connectivity index (χ0v) is 10.9. The van der Waals surface area contributed by atoms with Crippen molar-refractivity contribution in [2.45, 2.75) is 60.5 Å². The zero-order chi connectivity index (χ0) is 10.7. The Labute approximate surface area is 86.8 Å². The highest BCUT2D eigenvalue weighted by Crippen LogP contribution is 2.29. The summed E-state index contributed by atoms with van der Waals surface area (Å²) in [6.07, 6.45) is 2.50. The molecule has 2 heteroatoms. The average molecular weight is 199 g/mol. The average Bonchev–Trinajstić information content (AvgIpc) is 1.79. The van der Waals surface area contributed by atoms with Crippen LogP contribution in [0.2, 0.25) is 0 Å². The summed E-state index contributed by atoms with van der Waals surface area (Å²) in [5.74, 6) is 0. The minimum atomic E-state index is 0.316. The maximum absolute atomic E-state index is 5.31. The van der Waals surface area contributed by atoms with E-state index >= 15 is 0 Å². The van der Waals surface area contributed by atoms with Gasteiger partial charge in [-0.1, -0.05) is 41.5 Å². The summed E-state index contributed by atoms with van der Waals surface area (Å²) in [6.45, 7) is 13.5. The van der Waals surface area contributed by atoms with Crippen molar-refractivity contribution in [3.8, 4) is 0 Å². The lowest BCUT2D eigenvalue weighted by atomic mass is 9.82. The van der Waals surface area contributed by atoms with E-state index in [-0.39, 0.29) is 0 Å². The minimum absolute atomic E-state index is 0.316. The molecule has 0 aromatic heterocycles. The number of hydrogen-bond donors (Lipinski definition) is 0. The Kier molecular flexibility index (Phi) is 4.67. The Morgan fingerprint density at radius 2 is 1.23 bits per heavy atom. The van der Waals surface area contributed by atoms with Crippen molar-refractivity contribution in [1.82, 2.24) is 0 Å². The molecule has 13 heavy (non-hydrogen) atoms. The molecule has 0 aromatic carbocycles. The highest BCUT2D eigenvalue weighted by atomic mass is 28.2. The van der Waals surface area contributed by atoms with Crippen molar-refractivity contribution >= 4 is 10.5 Å². The van der Waals surface area contributed by atoms with E-state index in [1.807, 2.05) is 0 Å². The minimum Gasteiger partial charge on any atom is -0.416 e. The first-order valence-electron chi connectivity index (χ1n) is 4.96. The van der Waals surface area contributed by atoms with E-state index in [4.69, 9.17) is 4.43 Å². The summed E-state index contributed by atoms with van der Waals surface area (Å²) in [7, 11) is 3.17. The molecule has 0 saturated heterocycles. The third-order valence-corrected chi connectivity index (χ3v) is 2.18. The molecular formula is C11H23OSi. The van der Waals surface area contributed by atoms with E-state index in [2.05, 4.69) is 52.0 Å². The maximum atomic E-state index is 5.31. The Morgan fingerprint density at radius 3 is 1.38 bits per heavy atom. The second-order valence-electron chi connectivity index (χ2n) is 6.27. The van der Waals surface area contributed by atoms with Crippen LogP contribution in [0.15, 0.2) is 0 Å². The van der Waals surface area contributed by atoms with Gasteiger partial charge in [0, 0.05) is 6.10 Å². The fourth-order valence-corrected chi connectivity index (χ4v) is 1.69. The van der Waals surface area contributed by atoms with Crippen LogP contribution in [-0.4, -0.2) is 16.6 Å². The van der Waals surface area contributed by atoms with Crippen molar-refractivity contribution in [1.29, 1.82) is 0 Å². The summed E-state index contributed by atoms with van der Waals surface area (Å²) in [5, 5.41) is 0. The van der Waals surface area contributed by atoms with Gasteiger partial charge in [0.1, 0.15) is 0 Å². The van der Waals surface area contributed by atoms with Crippen LogP contribution in [-0.2, 0) is 4.43 Å². The summed E-state index contributed by atoms with van der Waals surface area (Å²) < 4.78 is 5.31. The van der Waals surface area contributed by atoms with Gasteiger partial charge in [0.05, 0.1) is 0 Å². The van der Waals surface area contributed by atoms with E-state index < -0.39 is 0 Å². The molecule has 0 rings (SSSR count). The van der Waals surface area contributed by atoms with Gasteiger partial charge in [0.15, 0.2) is 0 Å². The lowest BCUT2D eigenvalue weighted by molar-refractivity contribution is 0.111. The van der Waals surface area contributed by atoms with Crippen LogP contribution < -0.4 is 0 Å². The lowest BCUT2D eigenvalue weighted by Gasteiger charge is -2.30. The third-order valence-electron chi connectivity index (χ3n) is 1.85. The fourth-order valence-electron chi connectivity index (χ4n) is 1.52. The van der Waals surface area contributed by atoms with Gasteiger partial charge in [-0.05, 0) is 23.7 Å². The second kappa shape index (κ2) is 4.60. The Bertz CT molecular complexity index is 125. The molecule has 0 N–H and O–H groups in total. The molecule has 0 aliphatic rings. The molecule has 0 fully saturated rings. The van der Waals surface area contributed by atoms with Crippen LogP contribution in [0, 0.1) is 10.8 Å². The molecule has 3 radical (unpaired) electrons. The van der Waals surface area contributed by atoms with Crippen molar-refractivity contribution in [3.05, 3.63) is 0 Å². The predicted molar refractivity (Wildman–Crippen MR) is 58.8 cm³/mol. The Morgan fingerprint density at radius 1 is 0.923 bits per heavy atom. The molecular weight excluding hydrogens is 176 g/mol. The van der Waals surface area contributed by atoms with Crippen LogP contribution in [0.25, 0.3) is 0 Å². The third kappa shape index (κ3) is 8.51. The number of hydrogen-bond acceptors (Lipinski definition) is 1. The van der Waals surface area contributed by atoms with E-state index in [0.717, 1.165) is 12.8 Å². The van der Waals surface area contributed by atoms with Gasteiger partial charge in [-0.3, -0.25) is 0 Å². The number of rotatable bonds is 3. The highest BCUT2D eigenvalue weighted by molar-refractivity contribution is 5.98. The summed E-state index contributed by atoms with van der Waals surface area (Å²) in [6, 6.07) is 0. The molecule has 0 aliphatic carbocycles. The molecule has 0 aliphatic heterocycles. The van der Waals surface area contributed by atoms with Crippen LogP contribution in [0.3, 0.4) is 0 Å². The maximum Gasteiger partial charge on any atom is 0.246 e. The fraction of sp³-hybridized carbons (Fsp3) is 1.00. The van der Waals surface area contributed by atoms with E-state index in [1.54, 1.807) is 0 Å². The first-order chi connectivity index (χ1) is 5.64. The quantitative estimate of drug-likeness (QED) is 0.634. The SMILES string of the molecule is CC(C)(C)CC(CC(C)(C)C)O[Si]. The van der Waals surface area contributed by atoms with Gasteiger partial charge in [0.2, 0.25) is 10.5 Å². The summed E-state index contributed by atoms with van der Waals surface area (Å²) in [4.78, 5) is 0. The molecule has 0 bridgehead atoms. The van der Waals surface area contributed by atoms with Crippen molar-refractivity contribution in [2.75, 3.05) is 0 Å². The second-order valence-corrected chi connectivity index (χ2v) is 6.51. The van der Waals surface area contributed by atoms with E-state index in [9.17, 15) is 0 Å². The van der Waals surface area contributed by atoms with Gasteiger partial charge in [0.25, 0.3) is 0 Å².